The maximum absolute atomic E-state index is 12.7. The maximum atomic E-state index is 12.7. The van der Waals surface area contributed by atoms with Crippen molar-refractivity contribution in [3.8, 4) is 0 Å². The second-order valence-corrected chi connectivity index (χ2v) is 10.7. The van der Waals surface area contributed by atoms with Gasteiger partial charge in [-0.05, 0) is 12.8 Å². The van der Waals surface area contributed by atoms with E-state index in [0.29, 0.717) is 12.8 Å². The lowest BCUT2D eigenvalue weighted by Gasteiger charge is -2.41. The van der Waals surface area contributed by atoms with Gasteiger partial charge in [0.05, 0.1) is 18.8 Å². The Hall–Kier alpha value is -1.34. The number of nitrogens with one attached hydrogen (secondary N) is 2. The third-order valence-corrected chi connectivity index (χ3v) is 7.17. The number of hydrogen-bond donors (Lipinski definition) is 7. The quantitative estimate of drug-likeness (QED) is 0.101. The van der Waals surface area contributed by atoms with Crippen LogP contribution < -0.4 is 10.6 Å². The van der Waals surface area contributed by atoms with Crippen LogP contribution in [0.1, 0.15) is 104 Å². The van der Waals surface area contributed by atoms with Crippen LogP contribution in [0.15, 0.2) is 0 Å². The van der Waals surface area contributed by atoms with Crippen molar-refractivity contribution in [2.75, 3.05) is 13.2 Å². The van der Waals surface area contributed by atoms with Crippen LogP contribution >= 0.6 is 0 Å². The fourth-order valence-corrected chi connectivity index (χ4v) is 4.63. The molecule has 0 radical (unpaired) electrons. The number of carbonyl (C=O) groups is 2. The summed E-state index contributed by atoms with van der Waals surface area (Å²) in [6, 6.07) is -0.989. The van der Waals surface area contributed by atoms with Gasteiger partial charge in [-0.25, -0.2) is 0 Å². The Balaban J connectivity index is 2.75. The van der Waals surface area contributed by atoms with Gasteiger partial charge in [0.25, 0.3) is 0 Å². The van der Waals surface area contributed by atoms with Crippen molar-refractivity contribution >= 4 is 11.8 Å². The van der Waals surface area contributed by atoms with Crippen LogP contribution in [-0.2, 0) is 19.1 Å². The number of unbranched alkanes of at least 4 members (excludes halogenated alkanes) is 9. The summed E-state index contributed by atoms with van der Waals surface area (Å²) < 4.78 is 11.3. The SMILES string of the molecule is CCCCCCCCCC(=O)NC(COC1OC(CNC(C)=O)C(O)C(O)C1O)[C@H](O)[C@H](O)CCCCCC. The highest BCUT2D eigenvalue weighted by Crippen LogP contribution is 2.23. The van der Waals surface area contributed by atoms with E-state index in [2.05, 4.69) is 24.5 Å². The highest BCUT2D eigenvalue weighted by Gasteiger charge is 2.44. The molecule has 0 spiro atoms. The van der Waals surface area contributed by atoms with Crippen molar-refractivity contribution in [2.24, 2.45) is 0 Å². The molecule has 11 nitrogen and oxygen atoms in total. The van der Waals surface area contributed by atoms with E-state index in [1.807, 2.05) is 0 Å². The van der Waals surface area contributed by atoms with Crippen LogP contribution in [0.2, 0.25) is 0 Å². The van der Waals surface area contributed by atoms with Crippen molar-refractivity contribution in [1.82, 2.24) is 10.6 Å². The first kappa shape index (κ1) is 35.7. The Morgan fingerprint density at radius 3 is 2.05 bits per heavy atom. The minimum absolute atomic E-state index is 0.113. The molecule has 6 unspecified atom stereocenters. The molecule has 2 amide bonds. The molecular weight excluding hydrogens is 508 g/mol. The summed E-state index contributed by atoms with van der Waals surface area (Å²) in [5.74, 6) is -0.637. The predicted molar refractivity (Wildman–Crippen MR) is 147 cm³/mol. The van der Waals surface area contributed by atoms with Gasteiger partial charge in [-0.2, -0.15) is 0 Å². The van der Waals surface area contributed by atoms with Crippen molar-refractivity contribution < 1.29 is 44.6 Å². The number of rotatable bonds is 21. The lowest BCUT2D eigenvalue weighted by atomic mass is 9.98. The zero-order chi connectivity index (χ0) is 29.2. The van der Waals surface area contributed by atoms with Gasteiger partial charge in [0.15, 0.2) is 6.29 Å². The van der Waals surface area contributed by atoms with Gasteiger partial charge in [0, 0.05) is 19.9 Å². The van der Waals surface area contributed by atoms with E-state index < -0.39 is 49.0 Å². The lowest BCUT2D eigenvalue weighted by molar-refractivity contribution is -0.297. The molecule has 39 heavy (non-hydrogen) atoms. The van der Waals surface area contributed by atoms with E-state index in [-0.39, 0.29) is 31.4 Å². The van der Waals surface area contributed by atoms with Crippen LogP contribution in [-0.4, -0.2) is 99.5 Å². The fraction of sp³-hybridized carbons (Fsp3) is 0.929. The van der Waals surface area contributed by atoms with E-state index in [0.717, 1.165) is 44.9 Å². The van der Waals surface area contributed by atoms with E-state index in [4.69, 9.17) is 9.47 Å². The number of ether oxygens (including phenoxy) is 2. The lowest BCUT2D eigenvalue weighted by Crippen LogP contribution is -2.61. The van der Waals surface area contributed by atoms with Gasteiger partial charge in [-0.1, -0.05) is 78.1 Å². The van der Waals surface area contributed by atoms with Gasteiger partial charge in [-0.15, -0.1) is 0 Å². The largest absolute Gasteiger partial charge is 0.390 e. The highest BCUT2D eigenvalue weighted by molar-refractivity contribution is 5.76. The second kappa shape index (κ2) is 20.5. The van der Waals surface area contributed by atoms with Crippen LogP contribution in [0.4, 0.5) is 0 Å². The van der Waals surface area contributed by atoms with E-state index in [1.54, 1.807) is 0 Å². The highest BCUT2D eigenvalue weighted by atomic mass is 16.7. The van der Waals surface area contributed by atoms with Crippen LogP contribution in [0.25, 0.3) is 0 Å². The van der Waals surface area contributed by atoms with Gasteiger partial charge in [-0.3, -0.25) is 9.59 Å². The first-order valence-electron chi connectivity index (χ1n) is 14.8. The molecule has 8 atom stereocenters. The topological polar surface area (TPSA) is 178 Å². The molecule has 0 aliphatic carbocycles. The normalized spacial score (nSPS) is 25.6. The van der Waals surface area contributed by atoms with Crippen LogP contribution in [0.5, 0.6) is 0 Å². The first-order valence-corrected chi connectivity index (χ1v) is 14.8. The zero-order valence-corrected chi connectivity index (χ0v) is 24.1. The molecule has 1 saturated heterocycles. The number of amides is 2. The molecule has 230 valence electrons. The Morgan fingerprint density at radius 2 is 1.44 bits per heavy atom. The molecule has 0 aromatic heterocycles. The molecule has 1 aliphatic heterocycles. The molecule has 11 heteroatoms. The molecule has 0 saturated carbocycles. The minimum Gasteiger partial charge on any atom is -0.390 e. The zero-order valence-electron chi connectivity index (χ0n) is 24.1. The minimum atomic E-state index is -1.60. The Morgan fingerprint density at radius 1 is 0.846 bits per heavy atom. The smallest absolute Gasteiger partial charge is 0.220 e. The monoisotopic (exact) mass is 562 g/mol. The van der Waals surface area contributed by atoms with E-state index in [1.165, 1.54) is 26.2 Å². The number of aliphatic hydroxyl groups is 5. The van der Waals surface area contributed by atoms with Crippen molar-refractivity contribution in [3.63, 3.8) is 0 Å². The van der Waals surface area contributed by atoms with E-state index in [9.17, 15) is 35.1 Å². The Kier molecular flexibility index (Phi) is 18.8. The molecule has 0 aromatic carbocycles. The van der Waals surface area contributed by atoms with Gasteiger partial charge >= 0.3 is 0 Å². The van der Waals surface area contributed by atoms with Crippen molar-refractivity contribution in [3.05, 3.63) is 0 Å². The molecule has 7 N–H and O–H groups in total. The van der Waals surface area contributed by atoms with Gasteiger partial charge in [0.2, 0.25) is 11.8 Å². The molecule has 0 aromatic rings. The van der Waals surface area contributed by atoms with Crippen LogP contribution in [0.3, 0.4) is 0 Å². The molecule has 1 fully saturated rings. The predicted octanol–water partition coefficient (Wildman–Crippen LogP) is 1.26. The van der Waals surface area contributed by atoms with Crippen molar-refractivity contribution in [2.45, 2.75) is 153 Å². The van der Waals surface area contributed by atoms with Crippen molar-refractivity contribution in [1.29, 1.82) is 0 Å². The molecule has 1 rings (SSSR count). The fourth-order valence-electron chi connectivity index (χ4n) is 4.63. The summed E-state index contributed by atoms with van der Waals surface area (Å²) in [6.45, 7) is 5.12. The summed E-state index contributed by atoms with van der Waals surface area (Å²) in [6.07, 6.45) is 2.26. The Labute approximate surface area is 233 Å². The molecular formula is C28H54N2O9. The Bertz CT molecular complexity index is 669. The third-order valence-electron chi connectivity index (χ3n) is 7.17. The van der Waals surface area contributed by atoms with Gasteiger partial charge in [0.1, 0.15) is 30.5 Å². The summed E-state index contributed by atoms with van der Waals surface area (Å²) in [5.41, 5.74) is 0. The molecule has 1 heterocycles. The summed E-state index contributed by atoms with van der Waals surface area (Å²) >= 11 is 0. The average molecular weight is 563 g/mol. The summed E-state index contributed by atoms with van der Waals surface area (Å²) in [7, 11) is 0. The standard InChI is InChI=1S/C28H54N2O9/c1-4-6-8-10-11-12-14-16-23(33)30-20(24(34)21(32)15-13-9-7-5-2)18-38-28-27(37)26(36)25(35)22(39-28)17-29-19(3)31/h20-22,24-28,32,34-37H,4-18H2,1-3H3,(H,29,31)(H,30,33)/t20?,21-,22?,24+,25?,26?,27?,28?/m1/s1. The van der Waals surface area contributed by atoms with E-state index >= 15 is 0 Å². The third kappa shape index (κ3) is 14.2. The number of hydrogen-bond acceptors (Lipinski definition) is 9. The number of carbonyl (C=O) groups excluding carboxylic acids is 2. The number of aliphatic hydroxyl groups excluding tert-OH is 5. The average Bonchev–Trinajstić information content (AvgIpc) is 2.91. The summed E-state index contributed by atoms with van der Waals surface area (Å²) in [4.78, 5) is 23.9. The van der Waals surface area contributed by atoms with Gasteiger partial charge < -0.3 is 45.6 Å². The summed E-state index contributed by atoms with van der Waals surface area (Å²) in [5, 5.41) is 57.6. The van der Waals surface area contributed by atoms with Crippen LogP contribution in [0, 0.1) is 0 Å². The second-order valence-electron chi connectivity index (χ2n) is 10.7. The molecule has 0 bridgehead atoms. The maximum Gasteiger partial charge on any atom is 0.220 e. The first-order chi connectivity index (χ1) is 18.6. The molecule has 1 aliphatic rings.